The highest BCUT2D eigenvalue weighted by molar-refractivity contribution is 5.81. The molecule has 1 saturated heterocycles. The Morgan fingerprint density at radius 1 is 1.15 bits per heavy atom. The summed E-state index contributed by atoms with van der Waals surface area (Å²) in [5, 5.41) is 0. The number of carbonyl (C=O) groups excluding carboxylic acids is 1. The molecular weight excluding hydrogens is 330 g/mol. The van der Waals surface area contributed by atoms with E-state index in [1.807, 2.05) is 42.2 Å². The summed E-state index contributed by atoms with van der Waals surface area (Å²) in [6.07, 6.45) is 2.99. The fourth-order valence-electron chi connectivity index (χ4n) is 3.34. The smallest absolute Gasteiger partial charge is 0.225 e. The Morgan fingerprint density at radius 2 is 1.96 bits per heavy atom. The fraction of sp³-hybridized carbons (Fsp3) is 0.450. The fourth-order valence-corrected chi connectivity index (χ4v) is 3.34. The summed E-state index contributed by atoms with van der Waals surface area (Å²) >= 11 is 0. The lowest BCUT2D eigenvalue weighted by Crippen LogP contribution is -2.29. The van der Waals surface area contributed by atoms with Crippen molar-refractivity contribution in [3.05, 3.63) is 41.9 Å². The largest absolute Gasteiger partial charge is 0.497 e. The lowest BCUT2D eigenvalue weighted by atomic mass is 10.1. The second-order valence-electron chi connectivity index (χ2n) is 7.03. The molecule has 1 aromatic heterocycles. The number of carbonyl (C=O) groups is 1. The van der Waals surface area contributed by atoms with Gasteiger partial charge in [-0.15, -0.1) is 0 Å². The molecule has 1 aliphatic carbocycles. The minimum Gasteiger partial charge on any atom is -0.497 e. The Balaban J connectivity index is 1.50. The van der Waals surface area contributed by atoms with E-state index in [1.165, 1.54) is 0 Å². The third-order valence-corrected chi connectivity index (χ3v) is 4.90. The molecule has 1 saturated carbocycles. The highest BCUT2D eigenvalue weighted by atomic mass is 16.5. The Bertz CT molecular complexity index is 820. The van der Waals surface area contributed by atoms with Crippen LogP contribution >= 0.6 is 0 Å². The summed E-state index contributed by atoms with van der Waals surface area (Å²) in [5.41, 5.74) is 0.861. The van der Waals surface area contributed by atoms with Crippen molar-refractivity contribution in [3.63, 3.8) is 0 Å². The molecule has 2 fully saturated rings. The first-order valence-corrected chi connectivity index (χ1v) is 9.08. The van der Waals surface area contributed by atoms with E-state index in [9.17, 15) is 4.79 Å². The van der Waals surface area contributed by atoms with Gasteiger partial charge in [-0.1, -0.05) is 6.07 Å². The third-order valence-electron chi connectivity index (χ3n) is 4.90. The van der Waals surface area contributed by atoms with E-state index in [0.29, 0.717) is 24.1 Å². The molecule has 6 nitrogen and oxygen atoms in total. The molecular formula is C20H23N3O3. The molecule has 0 N–H and O–H groups in total. The topological polar surface area (TPSA) is 64.6 Å². The Labute approximate surface area is 153 Å². The number of aromatic nitrogens is 2. The zero-order chi connectivity index (χ0) is 18.1. The van der Waals surface area contributed by atoms with Crippen molar-refractivity contribution in [1.82, 2.24) is 14.9 Å². The lowest BCUT2D eigenvalue weighted by Gasteiger charge is -2.16. The van der Waals surface area contributed by atoms with Crippen LogP contribution in [0.2, 0.25) is 0 Å². The normalized spacial score (nSPS) is 19.5. The van der Waals surface area contributed by atoms with Gasteiger partial charge in [0.05, 0.1) is 7.11 Å². The number of ether oxygens (including phenoxy) is 2. The average Bonchev–Trinajstić information content (AvgIpc) is 3.37. The highest BCUT2D eigenvalue weighted by Crippen LogP contribution is 2.35. The first-order chi connectivity index (χ1) is 12.6. The number of aryl methyl sites for hydroxylation is 1. The van der Waals surface area contributed by atoms with Crippen LogP contribution in [0.25, 0.3) is 0 Å². The SMILES string of the molecule is COc1cccc(Oc2cc(C)nc([C@H]3CCN(C(=O)C4CC4)C3)n2)c1. The van der Waals surface area contributed by atoms with Crippen molar-refractivity contribution in [2.45, 2.75) is 32.1 Å². The van der Waals surface area contributed by atoms with Crippen molar-refractivity contribution < 1.29 is 14.3 Å². The van der Waals surface area contributed by atoms with E-state index in [1.54, 1.807) is 7.11 Å². The second-order valence-corrected chi connectivity index (χ2v) is 7.03. The first-order valence-electron chi connectivity index (χ1n) is 9.08. The molecule has 0 bridgehead atoms. The number of rotatable bonds is 5. The van der Waals surface area contributed by atoms with Gasteiger partial charge in [-0.25, -0.2) is 4.98 Å². The number of benzene rings is 1. The van der Waals surface area contributed by atoms with Crippen molar-refractivity contribution >= 4 is 5.91 Å². The summed E-state index contributed by atoms with van der Waals surface area (Å²) in [5.74, 6) is 3.42. The molecule has 26 heavy (non-hydrogen) atoms. The van der Waals surface area contributed by atoms with E-state index in [-0.39, 0.29) is 11.8 Å². The predicted molar refractivity (Wildman–Crippen MR) is 96.5 cm³/mol. The Hall–Kier alpha value is -2.63. The van der Waals surface area contributed by atoms with E-state index >= 15 is 0 Å². The molecule has 1 amide bonds. The van der Waals surface area contributed by atoms with Gasteiger partial charge in [0.25, 0.3) is 0 Å². The van der Waals surface area contributed by atoms with Crippen LogP contribution < -0.4 is 9.47 Å². The summed E-state index contributed by atoms with van der Waals surface area (Å²) < 4.78 is 11.1. The molecule has 0 unspecified atom stereocenters. The van der Waals surface area contributed by atoms with E-state index < -0.39 is 0 Å². The van der Waals surface area contributed by atoms with Gasteiger partial charge in [-0.3, -0.25) is 4.79 Å². The molecule has 0 radical (unpaired) electrons. The van der Waals surface area contributed by atoms with E-state index in [4.69, 9.17) is 9.47 Å². The molecule has 1 atom stereocenters. The molecule has 6 heteroatoms. The maximum absolute atomic E-state index is 12.3. The zero-order valence-electron chi connectivity index (χ0n) is 15.1. The van der Waals surface area contributed by atoms with E-state index in [2.05, 4.69) is 9.97 Å². The van der Waals surface area contributed by atoms with E-state index in [0.717, 1.165) is 43.1 Å². The van der Waals surface area contributed by atoms with Gasteiger partial charge in [0.1, 0.15) is 17.3 Å². The third kappa shape index (κ3) is 3.64. The molecule has 1 aromatic carbocycles. The van der Waals surface area contributed by atoms with Crippen molar-refractivity contribution in [3.8, 4) is 17.4 Å². The number of amides is 1. The average molecular weight is 353 g/mol. The molecule has 0 spiro atoms. The zero-order valence-corrected chi connectivity index (χ0v) is 15.1. The molecule has 136 valence electrons. The summed E-state index contributed by atoms with van der Waals surface area (Å²) in [6.45, 7) is 3.44. The van der Waals surface area contributed by atoms with Crippen LogP contribution in [-0.4, -0.2) is 41.0 Å². The number of nitrogens with zero attached hydrogens (tertiary/aromatic N) is 3. The summed E-state index contributed by atoms with van der Waals surface area (Å²) in [7, 11) is 1.63. The van der Waals surface area contributed by atoms with Crippen molar-refractivity contribution in [1.29, 1.82) is 0 Å². The van der Waals surface area contributed by atoms with Crippen LogP contribution in [0.15, 0.2) is 30.3 Å². The Morgan fingerprint density at radius 3 is 2.73 bits per heavy atom. The van der Waals surface area contributed by atoms with Crippen LogP contribution in [0.4, 0.5) is 0 Å². The maximum atomic E-state index is 12.3. The van der Waals surface area contributed by atoms with Crippen LogP contribution in [-0.2, 0) is 4.79 Å². The lowest BCUT2D eigenvalue weighted by molar-refractivity contribution is -0.131. The van der Waals surface area contributed by atoms with Gasteiger partial charge >= 0.3 is 0 Å². The monoisotopic (exact) mass is 353 g/mol. The minimum absolute atomic E-state index is 0.172. The first kappa shape index (κ1) is 16.8. The molecule has 1 aliphatic heterocycles. The Kier molecular flexibility index (Phi) is 4.49. The predicted octanol–water partition coefficient (Wildman–Crippen LogP) is 3.31. The quantitative estimate of drug-likeness (QED) is 0.825. The summed E-state index contributed by atoms with van der Waals surface area (Å²) in [6, 6.07) is 9.26. The van der Waals surface area contributed by atoms with Gasteiger partial charge in [0.2, 0.25) is 11.8 Å². The summed E-state index contributed by atoms with van der Waals surface area (Å²) in [4.78, 5) is 23.4. The van der Waals surface area contributed by atoms with Gasteiger partial charge in [-0.2, -0.15) is 4.98 Å². The number of methoxy groups -OCH3 is 1. The van der Waals surface area contributed by atoms with Gasteiger partial charge in [-0.05, 0) is 38.3 Å². The standard InChI is InChI=1S/C20H23N3O3/c1-13-10-18(26-17-5-3-4-16(11-17)25-2)22-19(21-13)15-8-9-23(12-15)20(24)14-6-7-14/h3-5,10-11,14-15H,6-9,12H2,1-2H3/t15-/m0/s1. The van der Waals surface area contributed by atoms with Crippen molar-refractivity contribution in [2.75, 3.05) is 20.2 Å². The molecule has 2 aliphatic rings. The number of likely N-dealkylation sites (tertiary alicyclic amines) is 1. The van der Waals surface area contributed by atoms with Gasteiger partial charge in [0.15, 0.2) is 0 Å². The van der Waals surface area contributed by atoms with Gasteiger partial charge in [0, 0.05) is 42.8 Å². The maximum Gasteiger partial charge on any atom is 0.225 e. The van der Waals surface area contributed by atoms with Crippen LogP contribution in [0.5, 0.6) is 17.4 Å². The van der Waals surface area contributed by atoms with Crippen molar-refractivity contribution in [2.24, 2.45) is 5.92 Å². The van der Waals surface area contributed by atoms with Crippen LogP contribution in [0.1, 0.15) is 36.7 Å². The number of hydrogen-bond acceptors (Lipinski definition) is 5. The van der Waals surface area contributed by atoms with Crippen LogP contribution in [0, 0.1) is 12.8 Å². The van der Waals surface area contributed by atoms with Gasteiger partial charge < -0.3 is 14.4 Å². The molecule has 2 heterocycles. The molecule has 4 rings (SSSR count). The second kappa shape index (κ2) is 6.94. The molecule has 2 aromatic rings. The highest BCUT2D eigenvalue weighted by Gasteiger charge is 2.37. The van der Waals surface area contributed by atoms with Crippen LogP contribution in [0.3, 0.4) is 0 Å². The number of hydrogen-bond donors (Lipinski definition) is 0. The minimum atomic E-state index is 0.172.